The van der Waals surface area contributed by atoms with Crippen molar-refractivity contribution in [3.05, 3.63) is 29.6 Å². The molecule has 0 fully saturated rings. The van der Waals surface area contributed by atoms with Crippen molar-refractivity contribution in [3.63, 3.8) is 0 Å². The summed E-state index contributed by atoms with van der Waals surface area (Å²) >= 11 is 2.41. The zero-order valence-electron chi connectivity index (χ0n) is 10.8. The first-order valence-corrected chi connectivity index (χ1v) is 7.89. The van der Waals surface area contributed by atoms with Crippen molar-refractivity contribution in [3.8, 4) is 5.75 Å². The molecular weight excluding hydrogens is 344 g/mol. The van der Waals surface area contributed by atoms with Gasteiger partial charge >= 0.3 is 0 Å². The monoisotopic (exact) mass is 365 g/mol. The zero-order valence-corrected chi connectivity index (χ0v) is 13.0. The maximum atomic E-state index is 13.6. The number of ether oxygens (including phenoxy) is 1. The van der Waals surface area contributed by atoms with E-state index >= 15 is 0 Å². The van der Waals surface area contributed by atoms with Crippen LogP contribution in [-0.2, 0) is 6.54 Å². The second-order valence-electron chi connectivity index (χ2n) is 4.24. The van der Waals surface area contributed by atoms with Crippen LogP contribution < -0.4 is 10.1 Å². The highest BCUT2D eigenvalue weighted by Gasteiger charge is 2.03. The fourth-order valence-electron chi connectivity index (χ4n) is 1.72. The van der Waals surface area contributed by atoms with Crippen LogP contribution in [0.2, 0.25) is 0 Å². The molecule has 1 aromatic carbocycles. The molecule has 0 aromatic heterocycles. The highest BCUT2D eigenvalue weighted by atomic mass is 127. The van der Waals surface area contributed by atoms with Gasteiger partial charge in [0.25, 0.3) is 0 Å². The van der Waals surface area contributed by atoms with E-state index in [1.54, 1.807) is 19.2 Å². The number of nitrogens with one attached hydrogen (secondary N) is 1. The van der Waals surface area contributed by atoms with Gasteiger partial charge in [-0.15, -0.1) is 0 Å². The molecule has 0 atom stereocenters. The SMILES string of the molecule is COc1ccc(CNCCCCCCI)c(F)c1. The summed E-state index contributed by atoms with van der Waals surface area (Å²) in [5.74, 6) is 0.363. The van der Waals surface area contributed by atoms with Crippen LogP contribution in [0.5, 0.6) is 5.75 Å². The van der Waals surface area contributed by atoms with E-state index in [-0.39, 0.29) is 5.82 Å². The molecule has 0 radical (unpaired) electrons. The fourth-order valence-corrected chi connectivity index (χ4v) is 2.26. The van der Waals surface area contributed by atoms with Crippen LogP contribution in [0.4, 0.5) is 4.39 Å². The summed E-state index contributed by atoms with van der Waals surface area (Å²) in [7, 11) is 1.54. The molecule has 1 aromatic rings. The van der Waals surface area contributed by atoms with Crippen LogP contribution in [0, 0.1) is 5.82 Å². The lowest BCUT2D eigenvalue weighted by atomic mass is 10.2. The Morgan fingerprint density at radius 3 is 2.67 bits per heavy atom. The van der Waals surface area contributed by atoms with Gasteiger partial charge in [-0.1, -0.05) is 41.5 Å². The van der Waals surface area contributed by atoms with Gasteiger partial charge in [0.15, 0.2) is 0 Å². The van der Waals surface area contributed by atoms with E-state index in [0.717, 1.165) is 13.0 Å². The van der Waals surface area contributed by atoms with E-state index in [2.05, 4.69) is 27.9 Å². The third kappa shape index (κ3) is 6.00. The first-order chi connectivity index (χ1) is 8.77. The molecule has 1 N–H and O–H groups in total. The van der Waals surface area contributed by atoms with Crippen molar-refractivity contribution in [2.24, 2.45) is 0 Å². The molecule has 0 bridgehead atoms. The molecule has 18 heavy (non-hydrogen) atoms. The average molecular weight is 365 g/mol. The molecule has 0 aliphatic carbocycles. The van der Waals surface area contributed by atoms with Crippen molar-refractivity contribution in [1.82, 2.24) is 5.32 Å². The molecule has 0 heterocycles. The summed E-state index contributed by atoms with van der Waals surface area (Å²) in [4.78, 5) is 0. The predicted molar refractivity (Wildman–Crippen MR) is 82.0 cm³/mol. The normalized spacial score (nSPS) is 10.6. The van der Waals surface area contributed by atoms with Gasteiger partial charge in [0.05, 0.1) is 7.11 Å². The average Bonchev–Trinajstić information content (AvgIpc) is 2.39. The summed E-state index contributed by atoms with van der Waals surface area (Å²) in [6.45, 7) is 1.54. The minimum Gasteiger partial charge on any atom is -0.497 e. The third-order valence-corrected chi connectivity index (χ3v) is 3.58. The first kappa shape index (κ1) is 15.7. The number of methoxy groups -OCH3 is 1. The Labute approximate surface area is 122 Å². The number of unbranched alkanes of at least 4 members (excludes halogenated alkanes) is 3. The van der Waals surface area contributed by atoms with Crippen LogP contribution in [0.15, 0.2) is 18.2 Å². The van der Waals surface area contributed by atoms with Crippen molar-refractivity contribution >= 4 is 22.6 Å². The van der Waals surface area contributed by atoms with E-state index in [1.807, 2.05) is 0 Å². The van der Waals surface area contributed by atoms with E-state index in [0.29, 0.717) is 17.9 Å². The van der Waals surface area contributed by atoms with Gasteiger partial charge in [-0.25, -0.2) is 4.39 Å². The molecule has 0 saturated heterocycles. The Bertz CT molecular complexity index is 347. The summed E-state index contributed by atoms with van der Waals surface area (Å²) in [6.07, 6.45) is 5.00. The highest BCUT2D eigenvalue weighted by molar-refractivity contribution is 14.1. The molecule has 2 nitrogen and oxygen atoms in total. The number of alkyl halides is 1. The maximum Gasteiger partial charge on any atom is 0.131 e. The number of rotatable bonds is 9. The lowest BCUT2D eigenvalue weighted by Gasteiger charge is -2.07. The molecule has 102 valence electrons. The number of benzene rings is 1. The van der Waals surface area contributed by atoms with Crippen LogP contribution in [0.25, 0.3) is 0 Å². The minimum absolute atomic E-state index is 0.202. The van der Waals surface area contributed by atoms with Crippen molar-refractivity contribution in [2.75, 3.05) is 18.1 Å². The van der Waals surface area contributed by atoms with Crippen molar-refractivity contribution < 1.29 is 9.13 Å². The molecule has 0 aliphatic rings. The second-order valence-corrected chi connectivity index (χ2v) is 5.32. The number of halogens is 2. The summed E-state index contributed by atoms with van der Waals surface area (Å²) in [6, 6.07) is 5.00. The predicted octanol–water partition coefficient (Wildman–Crippen LogP) is 3.92. The van der Waals surface area contributed by atoms with Gasteiger partial charge in [-0.05, 0) is 29.9 Å². The van der Waals surface area contributed by atoms with E-state index in [1.165, 1.54) is 29.8 Å². The van der Waals surface area contributed by atoms with E-state index < -0.39 is 0 Å². The first-order valence-electron chi connectivity index (χ1n) is 6.37. The van der Waals surface area contributed by atoms with Crippen LogP contribution >= 0.6 is 22.6 Å². The molecule has 4 heteroatoms. The molecule has 1 rings (SSSR count). The standard InChI is InChI=1S/C14H21FINO/c1-18-13-7-6-12(14(15)10-13)11-17-9-5-3-2-4-8-16/h6-7,10,17H,2-5,8-9,11H2,1H3. The maximum absolute atomic E-state index is 13.6. The topological polar surface area (TPSA) is 21.3 Å². The van der Waals surface area contributed by atoms with Gasteiger partial charge in [-0.3, -0.25) is 0 Å². The summed E-state index contributed by atoms with van der Waals surface area (Å²) < 4.78 is 19.8. The molecule has 0 unspecified atom stereocenters. The molecule has 0 spiro atoms. The molecule has 0 aliphatic heterocycles. The van der Waals surface area contributed by atoms with Crippen molar-refractivity contribution in [1.29, 1.82) is 0 Å². The Hall–Kier alpha value is -0.360. The lowest BCUT2D eigenvalue weighted by molar-refractivity contribution is 0.410. The highest BCUT2D eigenvalue weighted by Crippen LogP contribution is 2.15. The molecule has 0 saturated carbocycles. The van der Waals surface area contributed by atoms with Crippen LogP contribution in [-0.4, -0.2) is 18.1 Å². The third-order valence-electron chi connectivity index (χ3n) is 2.81. The van der Waals surface area contributed by atoms with Gasteiger partial charge in [-0.2, -0.15) is 0 Å². The van der Waals surface area contributed by atoms with E-state index in [4.69, 9.17) is 4.74 Å². The van der Waals surface area contributed by atoms with Gasteiger partial charge in [0, 0.05) is 18.2 Å². The number of hydrogen-bond donors (Lipinski definition) is 1. The Morgan fingerprint density at radius 2 is 2.00 bits per heavy atom. The fraction of sp³-hybridized carbons (Fsp3) is 0.571. The molecule has 0 amide bonds. The number of hydrogen-bond acceptors (Lipinski definition) is 2. The minimum atomic E-state index is -0.202. The van der Waals surface area contributed by atoms with Crippen LogP contribution in [0.1, 0.15) is 31.2 Å². The Morgan fingerprint density at radius 1 is 1.22 bits per heavy atom. The van der Waals surface area contributed by atoms with Gasteiger partial charge in [0.2, 0.25) is 0 Å². The second kappa shape index (κ2) is 9.55. The van der Waals surface area contributed by atoms with Crippen molar-refractivity contribution in [2.45, 2.75) is 32.2 Å². The lowest BCUT2D eigenvalue weighted by Crippen LogP contribution is -2.15. The largest absolute Gasteiger partial charge is 0.497 e. The van der Waals surface area contributed by atoms with Crippen LogP contribution in [0.3, 0.4) is 0 Å². The summed E-state index contributed by atoms with van der Waals surface area (Å²) in [5.41, 5.74) is 0.697. The molecular formula is C14H21FINO. The van der Waals surface area contributed by atoms with E-state index in [9.17, 15) is 4.39 Å². The smallest absolute Gasteiger partial charge is 0.131 e. The van der Waals surface area contributed by atoms with Gasteiger partial charge < -0.3 is 10.1 Å². The van der Waals surface area contributed by atoms with Gasteiger partial charge in [0.1, 0.15) is 11.6 Å². The Balaban J connectivity index is 2.19. The quantitative estimate of drug-likeness (QED) is 0.407. The Kier molecular flexibility index (Phi) is 8.33. The zero-order chi connectivity index (χ0) is 13.2. The summed E-state index contributed by atoms with van der Waals surface area (Å²) in [5, 5.41) is 3.27.